The number of amides is 2. The molecule has 2 amide bonds. The first-order chi connectivity index (χ1) is 12.4. The predicted octanol–water partition coefficient (Wildman–Crippen LogP) is 1.57. The molecule has 7 nitrogen and oxygen atoms in total. The third kappa shape index (κ3) is 5.66. The van der Waals surface area contributed by atoms with Crippen LogP contribution in [0.3, 0.4) is 0 Å². The molecule has 0 aromatic heterocycles. The minimum Gasteiger partial charge on any atom is -0.497 e. The van der Waals surface area contributed by atoms with E-state index in [4.69, 9.17) is 9.84 Å². The number of ether oxygens (including phenoxy) is 1. The van der Waals surface area contributed by atoms with Gasteiger partial charge < -0.3 is 19.6 Å². The largest absolute Gasteiger partial charge is 0.497 e. The normalized spacial score (nSPS) is 16.8. The summed E-state index contributed by atoms with van der Waals surface area (Å²) in [6.45, 7) is 0.724. The highest BCUT2D eigenvalue weighted by Gasteiger charge is 2.28. The number of hydrogen-bond acceptors (Lipinski definition) is 5. The standard InChI is InChI=1S/C18H24N2O5S/c1-19(11-16(21)20-8-4-5-13(10-20)18(23)24)17(22)12-26-15-7-3-6-14(9-15)25-2/h3,6-7,9,13H,4-5,8,10-12H2,1-2H3,(H,23,24). The first-order valence-electron chi connectivity index (χ1n) is 8.42. The van der Waals surface area contributed by atoms with Gasteiger partial charge in [-0.05, 0) is 31.0 Å². The van der Waals surface area contributed by atoms with Crippen LogP contribution in [0.4, 0.5) is 0 Å². The molecule has 1 aromatic carbocycles. The summed E-state index contributed by atoms with van der Waals surface area (Å²) in [4.78, 5) is 39.6. The average molecular weight is 380 g/mol. The van der Waals surface area contributed by atoms with Crippen LogP contribution in [-0.4, -0.2) is 72.2 Å². The van der Waals surface area contributed by atoms with E-state index in [1.807, 2.05) is 24.3 Å². The molecule has 1 aliphatic heterocycles. The molecule has 1 aliphatic rings. The summed E-state index contributed by atoms with van der Waals surface area (Å²) in [7, 11) is 3.18. The number of aliphatic carboxylic acids is 1. The van der Waals surface area contributed by atoms with Gasteiger partial charge >= 0.3 is 5.97 Å². The fourth-order valence-electron chi connectivity index (χ4n) is 2.74. The van der Waals surface area contributed by atoms with Gasteiger partial charge in [0, 0.05) is 25.0 Å². The number of methoxy groups -OCH3 is 1. The lowest BCUT2D eigenvalue weighted by Crippen LogP contribution is -2.47. The fourth-order valence-corrected chi connectivity index (χ4v) is 3.63. The van der Waals surface area contributed by atoms with Gasteiger partial charge in [-0.1, -0.05) is 6.07 Å². The lowest BCUT2D eigenvalue weighted by molar-refractivity contribution is -0.147. The average Bonchev–Trinajstić information content (AvgIpc) is 2.66. The molecular formula is C18H24N2O5S. The summed E-state index contributed by atoms with van der Waals surface area (Å²) in [5, 5.41) is 9.11. The van der Waals surface area contributed by atoms with Crippen LogP contribution in [0.15, 0.2) is 29.2 Å². The Balaban J connectivity index is 1.82. The Bertz CT molecular complexity index is 667. The molecular weight excluding hydrogens is 356 g/mol. The third-order valence-corrected chi connectivity index (χ3v) is 5.30. The maximum Gasteiger partial charge on any atom is 0.308 e. The Hall–Kier alpha value is -2.22. The second-order valence-corrected chi connectivity index (χ2v) is 7.28. The lowest BCUT2D eigenvalue weighted by Gasteiger charge is -2.32. The second kappa shape index (κ2) is 9.47. The van der Waals surface area contributed by atoms with Crippen molar-refractivity contribution in [2.24, 2.45) is 5.92 Å². The van der Waals surface area contributed by atoms with Crippen molar-refractivity contribution in [3.63, 3.8) is 0 Å². The van der Waals surface area contributed by atoms with Crippen molar-refractivity contribution in [1.82, 2.24) is 9.80 Å². The van der Waals surface area contributed by atoms with E-state index in [1.165, 1.54) is 16.7 Å². The summed E-state index contributed by atoms with van der Waals surface area (Å²) in [5.74, 6) is -0.812. The molecule has 0 bridgehead atoms. The summed E-state index contributed by atoms with van der Waals surface area (Å²) in [5.41, 5.74) is 0. The highest BCUT2D eigenvalue weighted by atomic mass is 32.2. The maximum atomic E-state index is 12.4. The van der Waals surface area contributed by atoms with Crippen molar-refractivity contribution in [2.75, 3.05) is 39.5 Å². The van der Waals surface area contributed by atoms with E-state index in [1.54, 1.807) is 19.1 Å². The van der Waals surface area contributed by atoms with E-state index >= 15 is 0 Å². The van der Waals surface area contributed by atoms with Crippen LogP contribution in [0.5, 0.6) is 5.75 Å². The Morgan fingerprint density at radius 1 is 1.38 bits per heavy atom. The van der Waals surface area contributed by atoms with Crippen LogP contribution in [0.2, 0.25) is 0 Å². The zero-order valence-electron chi connectivity index (χ0n) is 15.0. The fraction of sp³-hybridized carbons (Fsp3) is 0.500. The SMILES string of the molecule is COc1cccc(SCC(=O)N(C)CC(=O)N2CCCC(C(=O)O)C2)c1. The number of rotatable bonds is 7. The molecule has 142 valence electrons. The zero-order valence-corrected chi connectivity index (χ0v) is 15.8. The minimum absolute atomic E-state index is 0.0379. The van der Waals surface area contributed by atoms with Gasteiger partial charge in [0.1, 0.15) is 5.75 Å². The number of likely N-dealkylation sites (tertiary alicyclic amines) is 1. The lowest BCUT2D eigenvalue weighted by atomic mass is 9.98. The van der Waals surface area contributed by atoms with Crippen molar-refractivity contribution < 1.29 is 24.2 Å². The molecule has 0 radical (unpaired) electrons. The number of carboxylic acids is 1. The monoisotopic (exact) mass is 380 g/mol. The van der Waals surface area contributed by atoms with Gasteiger partial charge in [0.25, 0.3) is 0 Å². The summed E-state index contributed by atoms with van der Waals surface area (Å²) >= 11 is 1.38. The summed E-state index contributed by atoms with van der Waals surface area (Å²) in [6.07, 6.45) is 1.26. The van der Waals surface area contributed by atoms with Crippen molar-refractivity contribution in [2.45, 2.75) is 17.7 Å². The molecule has 0 saturated carbocycles. The number of carboxylic acid groups (broad SMARTS) is 1. The van der Waals surface area contributed by atoms with Crippen LogP contribution in [0.1, 0.15) is 12.8 Å². The van der Waals surface area contributed by atoms with Crippen LogP contribution in [0, 0.1) is 5.92 Å². The molecule has 0 spiro atoms. The van der Waals surface area contributed by atoms with E-state index in [-0.39, 0.29) is 30.7 Å². The molecule has 26 heavy (non-hydrogen) atoms. The first kappa shape index (κ1) is 20.1. The van der Waals surface area contributed by atoms with E-state index in [9.17, 15) is 14.4 Å². The first-order valence-corrected chi connectivity index (χ1v) is 9.40. The number of carbonyl (C=O) groups is 3. The Morgan fingerprint density at radius 2 is 2.15 bits per heavy atom. The zero-order chi connectivity index (χ0) is 19.1. The Labute approximate surface area is 157 Å². The van der Waals surface area contributed by atoms with Crippen molar-refractivity contribution in [3.05, 3.63) is 24.3 Å². The van der Waals surface area contributed by atoms with E-state index in [0.29, 0.717) is 19.4 Å². The Kier molecular flexibility index (Phi) is 7.32. The number of thioether (sulfide) groups is 1. The number of benzene rings is 1. The molecule has 1 saturated heterocycles. The highest BCUT2D eigenvalue weighted by Crippen LogP contribution is 2.23. The highest BCUT2D eigenvalue weighted by molar-refractivity contribution is 8.00. The quantitative estimate of drug-likeness (QED) is 0.723. The molecule has 1 heterocycles. The minimum atomic E-state index is -0.873. The van der Waals surface area contributed by atoms with E-state index in [2.05, 4.69) is 0 Å². The number of likely N-dealkylation sites (N-methyl/N-ethyl adjacent to an activating group) is 1. The molecule has 8 heteroatoms. The number of carbonyl (C=O) groups excluding carboxylic acids is 2. The van der Waals surface area contributed by atoms with Crippen molar-refractivity contribution >= 4 is 29.5 Å². The predicted molar refractivity (Wildman–Crippen MR) is 98.3 cm³/mol. The Morgan fingerprint density at radius 3 is 2.85 bits per heavy atom. The molecule has 0 aliphatic carbocycles. The van der Waals surface area contributed by atoms with Crippen LogP contribution in [0.25, 0.3) is 0 Å². The molecule has 1 aromatic rings. The van der Waals surface area contributed by atoms with Crippen LogP contribution >= 0.6 is 11.8 Å². The second-order valence-electron chi connectivity index (χ2n) is 6.23. The van der Waals surface area contributed by atoms with E-state index in [0.717, 1.165) is 10.6 Å². The molecule has 1 N–H and O–H groups in total. The number of nitrogens with zero attached hydrogens (tertiary/aromatic N) is 2. The van der Waals surface area contributed by atoms with Gasteiger partial charge in [-0.3, -0.25) is 14.4 Å². The smallest absolute Gasteiger partial charge is 0.308 e. The van der Waals surface area contributed by atoms with Crippen molar-refractivity contribution in [1.29, 1.82) is 0 Å². The van der Waals surface area contributed by atoms with Crippen molar-refractivity contribution in [3.8, 4) is 5.75 Å². The van der Waals surface area contributed by atoms with Gasteiger partial charge in [-0.2, -0.15) is 0 Å². The van der Waals surface area contributed by atoms with Crippen LogP contribution < -0.4 is 4.74 Å². The van der Waals surface area contributed by atoms with Gasteiger partial charge in [0.15, 0.2) is 0 Å². The number of piperidine rings is 1. The van der Waals surface area contributed by atoms with Gasteiger partial charge in [0.2, 0.25) is 11.8 Å². The third-order valence-electron chi connectivity index (χ3n) is 4.33. The molecule has 2 rings (SSSR count). The van der Waals surface area contributed by atoms with Gasteiger partial charge in [0.05, 0.1) is 25.3 Å². The molecule has 1 atom stereocenters. The molecule has 1 fully saturated rings. The van der Waals surface area contributed by atoms with Gasteiger partial charge in [-0.15, -0.1) is 11.8 Å². The maximum absolute atomic E-state index is 12.4. The van der Waals surface area contributed by atoms with Crippen LogP contribution in [-0.2, 0) is 14.4 Å². The topological polar surface area (TPSA) is 87.2 Å². The molecule has 1 unspecified atom stereocenters. The summed E-state index contributed by atoms with van der Waals surface area (Å²) < 4.78 is 5.15. The van der Waals surface area contributed by atoms with E-state index < -0.39 is 11.9 Å². The summed E-state index contributed by atoms with van der Waals surface area (Å²) in [6, 6.07) is 7.43. The number of hydrogen-bond donors (Lipinski definition) is 1. The van der Waals surface area contributed by atoms with Gasteiger partial charge in [-0.25, -0.2) is 0 Å².